The Morgan fingerprint density at radius 3 is 1.80 bits per heavy atom. The third kappa shape index (κ3) is 1.07. The van der Waals surface area contributed by atoms with Crippen molar-refractivity contribution in [2.45, 2.75) is 38.5 Å². The highest BCUT2D eigenvalue weighted by atomic mass is 15.0. The van der Waals surface area contributed by atoms with Crippen molar-refractivity contribution in [1.29, 1.82) is 0 Å². The summed E-state index contributed by atoms with van der Waals surface area (Å²) in [6.45, 7) is 2.62. The first-order valence-corrected chi connectivity index (χ1v) is 4.62. The molecule has 2 fully saturated rings. The minimum Gasteiger partial charge on any atom is -0.316 e. The molecule has 1 aliphatic heterocycles. The first-order chi connectivity index (χ1) is 4.91. The van der Waals surface area contributed by atoms with Gasteiger partial charge in [-0.2, -0.15) is 0 Å². The fourth-order valence-corrected chi connectivity index (χ4v) is 2.31. The van der Waals surface area contributed by atoms with Crippen LogP contribution < -0.4 is 5.32 Å². The average Bonchev–Trinajstić information content (AvgIpc) is 2.08. The van der Waals surface area contributed by atoms with E-state index < -0.39 is 0 Å². The zero-order chi connectivity index (χ0) is 6.86. The molecule has 1 heteroatoms. The fourth-order valence-electron chi connectivity index (χ4n) is 2.31. The van der Waals surface area contributed by atoms with Gasteiger partial charge in [0.15, 0.2) is 0 Å². The van der Waals surface area contributed by atoms with Gasteiger partial charge >= 0.3 is 0 Å². The molecular formula is C9H17N. The summed E-state index contributed by atoms with van der Waals surface area (Å²) < 4.78 is 0. The number of rotatable bonds is 0. The molecule has 1 N–H and O–H groups in total. The van der Waals surface area contributed by atoms with Crippen molar-refractivity contribution in [1.82, 2.24) is 5.32 Å². The highest BCUT2D eigenvalue weighted by Gasteiger charge is 2.36. The van der Waals surface area contributed by atoms with Gasteiger partial charge in [-0.25, -0.2) is 0 Å². The summed E-state index contributed by atoms with van der Waals surface area (Å²) in [5.74, 6) is 0. The largest absolute Gasteiger partial charge is 0.316 e. The smallest absolute Gasteiger partial charge is 0.00202 e. The first kappa shape index (κ1) is 6.66. The second-order valence-electron chi connectivity index (χ2n) is 4.02. The molecule has 1 nitrogen and oxygen atoms in total. The fraction of sp³-hybridized carbons (Fsp3) is 1.00. The van der Waals surface area contributed by atoms with Crippen LogP contribution in [0.15, 0.2) is 0 Å². The molecular weight excluding hydrogens is 122 g/mol. The summed E-state index contributed by atoms with van der Waals surface area (Å²) in [6.07, 6.45) is 8.95. The molecule has 1 heterocycles. The van der Waals surface area contributed by atoms with Gasteiger partial charge in [-0.05, 0) is 18.3 Å². The van der Waals surface area contributed by atoms with Crippen LogP contribution in [-0.2, 0) is 0 Å². The van der Waals surface area contributed by atoms with E-state index in [0.29, 0.717) is 0 Å². The Hall–Kier alpha value is -0.0400. The maximum absolute atomic E-state index is 3.40. The molecule has 0 aromatic heterocycles. The van der Waals surface area contributed by atoms with Gasteiger partial charge < -0.3 is 5.32 Å². The second kappa shape index (κ2) is 2.54. The van der Waals surface area contributed by atoms with E-state index in [2.05, 4.69) is 5.32 Å². The molecule has 0 bridgehead atoms. The third-order valence-corrected chi connectivity index (χ3v) is 3.16. The van der Waals surface area contributed by atoms with Crippen molar-refractivity contribution in [2.75, 3.05) is 13.1 Å². The molecule has 2 rings (SSSR count). The summed E-state index contributed by atoms with van der Waals surface area (Å²) in [6, 6.07) is 0. The molecule has 0 aromatic rings. The lowest BCUT2D eigenvalue weighted by atomic mass is 9.75. The molecule has 0 amide bonds. The summed E-state index contributed by atoms with van der Waals surface area (Å²) >= 11 is 0. The van der Waals surface area contributed by atoms with Crippen LogP contribution in [0.3, 0.4) is 0 Å². The quantitative estimate of drug-likeness (QED) is 0.540. The van der Waals surface area contributed by atoms with Crippen LogP contribution in [0.5, 0.6) is 0 Å². The minimum atomic E-state index is 0.774. The zero-order valence-corrected chi connectivity index (χ0v) is 6.66. The van der Waals surface area contributed by atoms with Gasteiger partial charge in [0.2, 0.25) is 0 Å². The summed E-state index contributed by atoms with van der Waals surface area (Å²) in [5, 5.41) is 3.40. The molecule has 0 atom stereocenters. The Labute approximate surface area is 63.2 Å². The molecule has 0 unspecified atom stereocenters. The van der Waals surface area contributed by atoms with Gasteiger partial charge in [-0.1, -0.05) is 25.7 Å². The molecule has 0 aromatic carbocycles. The van der Waals surface area contributed by atoms with Crippen LogP contribution in [0, 0.1) is 5.41 Å². The maximum atomic E-state index is 3.40. The third-order valence-electron chi connectivity index (χ3n) is 3.16. The number of nitrogens with one attached hydrogen (secondary N) is 1. The predicted molar refractivity (Wildman–Crippen MR) is 43.0 cm³/mol. The van der Waals surface area contributed by atoms with Crippen LogP contribution in [0.25, 0.3) is 0 Å². The standard InChI is InChI=1S/C9H17N/c1-2-4-6-9(5-3-1)7-10-8-9/h10H,1-8H2. The minimum absolute atomic E-state index is 0.774. The normalized spacial score (nSPS) is 31.2. The van der Waals surface area contributed by atoms with Gasteiger partial charge in [-0.15, -0.1) is 0 Å². The monoisotopic (exact) mass is 139 g/mol. The molecule has 10 heavy (non-hydrogen) atoms. The Morgan fingerprint density at radius 2 is 1.40 bits per heavy atom. The Bertz CT molecular complexity index is 106. The highest BCUT2D eigenvalue weighted by Crippen LogP contribution is 2.37. The van der Waals surface area contributed by atoms with Crippen molar-refractivity contribution >= 4 is 0 Å². The first-order valence-electron chi connectivity index (χ1n) is 4.62. The Morgan fingerprint density at radius 1 is 0.800 bits per heavy atom. The van der Waals surface area contributed by atoms with E-state index in [-0.39, 0.29) is 0 Å². The lowest BCUT2D eigenvalue weighted by molar-refractivity contribution is 0.142. The molecule has 58 valence electrons. The molecule has 1 spiro atoms. The molecule has 1 saturated heterocycles. The second-order valence-corrected chi connectivity index (χ2v) is 4.02. The van der Waals surface area contributed by atoms with Gasteiger partial charge in [0, 0.05) is 13.1 Å². The van der Waals surface area contributed by atoms with E-state index >= 15 is 0 Å². The van der Waals surface area contributed by atoms with E-state index in [0.717, 1.165) is 5.41 Å². The SMILES string of the molecule is C1CCCC2(CC1)CNC2. The van der Waals surface area contributed by atoms with Crippen molar-refractivity contribution in [3.8, 4) is 0 Å². The van der Waals surface area contributed by atoms with Gasteiger partial charge in [-0.3, -0.25) is 0 Å². The van der Waals surface area contributed by atoms with Gasteiger partial charge in [0.05, 0.1) is 0 Å². The predicted octanol–water partition coefficient (Wildman–Crippen LogP) is 1.93. The van der Waals surface area contributed by atoms with E-state index in [1.54, 1.807) is 0 Å². The van der Waals surface area contributed by atoms with Crippen LogP contribution in [0.1, 0.15) is 38.5 Å². The van der Waals surface area contributed by atoms with Crippen molar-refractivity contribution < 1.29 is 0 Å². The number of hydrogen-bond donors (Lipinski definition) is 1. The van der Waals surface area contributed by atoms with E-state index in [1.165, 1.54) is 51.6 Å². The molecule has 1 saturated carbocycles. The van der Waals surface area contributed by atoms with Crippen molar-refractivity contribution in [3.05, 3.63) is 0 Å². The van der Waals surface area contributed by atoms with E-state index in [1.807, 2.05) is 0 Å². The lowest BCUT2D eigenvalue weighted by Crippen LogP contribution is -2.52. The average molecular weight is 139 g/mol. The van der Waals surface area contributed by atoms with E-state index in [4.69, 9.17) is 0 Å². The maximum Gasteiger partial charge on any atom is 0.00202 e. The summed E-state index contributed by atoms with van der Waals surface area (Å²) in [4.78, 5) is 0. The summed E-state index contributed by atoms with van der Waals surface area (Å²) in [7, 11) is 0. The van der Waals surface area contributed by atoms with Gasteiger partial charge in [0.1, 0.15) is 0 Å². The zero-order valence-electron chi connectivity index (χ0n) is 6.66. The van der Waals surface area contributed by atoms with Crippen molar-refractivity contribution in [2.24, 2.45) is 5.41 Å². The molecule has 1 aliphatic carbocycles. The van der Waals surface area contributed by atoms with Crippen molar-refractivity contribution in [3.63, 3.8) is 0 Å². The van der Waals surface area contributed by atoms with Crippen LogP contribution in [0.2, 0.25) is 0 Å². The Kier molecular flexibility index (Phi) is 1.69. The topological polar surface area (TPSA) is 12.0 Å². The number of hydrogen-bond acceptors (Lipinski definition) is 1. The van der Waals surface area contributed by atoms with Gasteiger partial charge in [0.25, 0.3) is 0 Å². The van der Waals surface area contributed by atoms with Crippen LogP contribution in [-0.4, -0.2) is 13.1 Å². The van der Waals surface area contributed by atoms with E-state index in [9.17, 15) is 0 Å². The summed E-state index contributed by atoms with van der Waals surface area (Å²) in [5.41, 5.74) is 0.774. The van der Waals surface area contributed by atoms with Crippen LogP contribution >= 0.6 is 0 Å². The van der Waals surface area contributed by atoms with Crippen LogP contribution in [0.4, 0.5) is 0 Å². The molecule has 2 aliphatic rings. The molecule has 0 radical (unpaired) electrons. The lowest BCUT2D eigenvalue weighted by Gasteiger charge is -2.42. The Balaban J connectivity index is 1.92. The highest BCUT2D eigenvalue weighted by molar-refractivity contribution is 4.92.